The molecule has 0 spiro atoms. The highest BCUT2D eigenvalue weighted by Crippen LogP contribution is 2.39. The molecule has 1 fully saturated rings. The fourth-order valence-electron chi connectivity index (χ4n) is 2.45. The second-order valence-electron chi connectivity index (χ2n) is 6.47. The van der Waals surface area contributed by atoms with Gasteiger partial charge < -0.3 is 14.9 Å². The minimum atomic E-state index is -1.27. The van der Waals surface area contributed by atoms with E-state index in [4.69, 9.17) is 4.74 Å². The Balaban J connectivity index is 2.23. The molecule has 0 aromatic carbocycles. The molecule has 1 aromatic heterocycles. The summed E-state index contributed by atoms with van der Waals surface area (Å²) in [5, 5.41) is 20.3. The van der Waals surface area contributed by atoms with E-state index >= 15 is 0 Å². The number of H-pyrrole nitrogens is 1. The van der Waals surface area contributed by atoms with Crippen molar-refractivity contribution in [3.63, 3.8) is 0 Å². The summed E-state index contributed by atoms with van der Waals surface area (Å²) in [6.07, 6.45) is 2.96. The van der Waals surface area contributed by atoms with Crippen molar-refractivity contribution in [3.8, 4) is 0 Å². The number of aromatic nitrogens is 2. The van der Waals surface area contributed by atoms with Crippen molar-refractivity contribution in [1.29, 1.82) is 0 Å². The predicted octanol–water partition coefficient (Wildman–Crippen LogP) is -0.436. The van der Waals surface area contributed by atoms with E-state index in [1.165, 1.54) is 6.20 Å². The molecule has 1 aliphatic heterocycles. The van der Waals surface area contributed by atoms with Crippen LogP contribution in [-0.2, 0) is 4.74 Å². The van der Waals surface area contributed by atoms with Gasteiger partial charge in [-0.2, -0.15) is 0 Å². The van der Waals surface area contributed by atoms with Gasteiger partial charge in [0.1, 0.15) is 12.2 Å². The van der Waals surface area contributed by atoms with Crippen molar-refractivity contribution in [2.45, 2.75) is 37.9 Å². The van der Waals surface area contributed by atoms with E-state index < -0.39 is 42.7 Å². The minimum absolute atomic E-state index is 0.332. The number of aromatic amines is 1. The lowest BCUT2D eigenvalue weighted by Gasteiger charge is -2.19. The number of nitrogens with one attached hydrogen (secondary N) is 1. The Morgan fingerprint density at radius 3 is 2.59 bits per heavy atom. The smallest absolute Gasteiger partial charge is 0.330 e. The highest BCUT2D eigenvalue weighted by atomic mass is 31.2. The Kier molecular flexibility index (Phi) is 4.82. The first-order chi connectivity index (χ1) is 10.1. The molecule has 8 heteroatoms. The van der Waals surface area contributed by atoms with Crippen LogP contribution >= 0.6 is 6.89 Å². The number of aliphatic hydroxyl groups is 2. The van der Waals surface area contributed by atoms with Gasteiger partial charge in [0.15, 0.2) is 6.23 Å². The van der Waals surface area contributed by atoms with E-state index in [1.54, 1.807) is 6.92 Å². The summed E-state index contributed by atoms with van der Waals surface area (Å²) < 4.78 is 6.79. The Morgan fingerprint density at radius 2 is 2.00 bits per heavy atom. The van der Waals surface area contributed by atoms with Crippen LogP contribution in [0.5, 0.6) is 0 Å². The first-order valence-electron chi connectivity index (χ1n) is 7.11. The molecule has 0 unspecified atom stereocenters. The van der Waals surface area contributed by atoms with Gasteiger partial charge in [0, 0.05) is 11.8 Å². The number of hydrogen-bond acceptors (Lipinski definition) is 5. The summed E-state index contributed by atoms with van der Waals surface area (Å²) in [5.41, 5.74) is -0.815. The molecule has 2 rings (SSSR count). The van der Waals surface area contributed by atoms with Gasteiger partial charge in [-0.05, 0) is 32.8 Å². The Labute approximate surface area is 128 Å². The molecule has 0 radical (unpaired) electrons. The summed E-state index contributed by atoms with van der Waals surface area (Å²) >= 11 is 0. The van der Waals surface area contributed by atoms with Crippen molar-refractivity contribution < 1.29 is 14.9 Å². The normalized spacial score (nSPS) is 29.0. The van der Waals surface area contributed by atoms with Crippen molar-refractivity contribution in [2.75, 3.05) is 19.5 Å². The molecule has 4 atom stereocenters. The molecule has 2 heterocycles. The first kappa shape index (κ1) is 17.2. The number of aryl methyl sites for hydroxylation is 1. The molecular formula is C14H23N2O5P. The van der Waals surface area contributed by atoms with E-state index in [0.717, 1.165) is 10.7 Å². The highest BCUT2D eigenvalue weighted by Gasteiger charge is 2.43. The lowest BCUT2D eigenvalue weighted by molar-refractivity contribution is -0.0403. The maximum Gasteiger partial charge on any atom is 0.330 e. The summed E-state index contributed by atoms with van der Waals surface area (Å²) in [5.74, 6) is 0. The number of rotatable bonds is 4. The standard InChI is InChI=1S/C14H23N2O5P/c1-8-7-16(14(20)15-12(8)19)13-11(18)10(17)9(21-13)5-6-22(2,3)4/h7,9-11,13,17-18H,2,5-6H2,1,3-4H3,(H,15,19,20)/t9-,10-,11-,13-/m1/s1. The van der Waals surface area contributed by atoms with Crippen molar-refractivity contribution in [1.82, 2.24) is 9.55 Å². The molecule has 0 bridgehead atoms. The topological polar surface area (TPSA) is 105 Å². The summed E-state index contributed by atoms with van der Waals surface area (Å²) in [6, 6.07) is 0. The van der Waals surface area contributed by atoms with Crippen LogP contribution < -0.4 is 11.2 Å². The van der Waals surface area contributed by atoms with Crippen LogP contribution in [0.1, 0.15) is 18.2 Å². The van der Waals surface area contributed by atoms with Crippen LogP contribution in [-0.4, -0.2) is 63.9 Å². The Hall–Kier alpha value is -1.14. The van der Waals surface area contributed by atoms with Gasteiger partial charge in [0.2, 0.25) is 0 Å². The molecule has 124 valence electrons. The van der Waals surface area contributed by atoms with Crippen LogP contribution in [0.25, 0.3) is 0 Å². The summed E-state index contributed by atoms with van der Waals surface area (Å²) in [7, 11) is 0. The average molecular weight is 330 g/mol. The van der Waals surface area contributed by atoms with E-state index in [9.17, 15) is 19.8 Å². The van der Waals surface area contributed by atoms with Crippen molar-refractivity contribution >= 4 is 13.2 Å². The molecule has 7 nitrogen and oxygen atoms in total. The van der Waals surface area contributed by atoms with E-state index in [-0.39, 0.29) is 0 Å². The molecule has 0 amide bonds. The van der Waals surface area contributed by atoms with Crippen LogP contribution in [0.4, 0.5) is 0 Å². The number of nitrogens with zero attached hydrogens (tertiary/aromatic N) is 1. The molecule has 1 saturated heterocycles. The quantitative estimate of drug-likeness (QED) is 0.650. The van der Waals surface area contributed by atoms with Crippen LogP contribution in [0.3, 0.4) is 0 Å². The molecule has 0 saturated carbocycles. The first-order valence-corrected chi connectivity index (χ1v) is 10.2. The molecular weight excluding hydrogens is 307 g/mol. The third-order valence-electron chi connectivity index (χ3n) is 3.78. The van der Waals surface area contributed by atoms with Gasteiger partial charge in [-0.25, -0.2) is 4.79 Å². The lowest BCUT2D eigenvalue weighted by atomic mass is 10.1. The zero-order chi connectivity index (χ0) is 16.7. The van der Waals surface area contributed by atoms with Gasteiger partial charge in [-0.15, -0.1) is 13.2 Å². The average Bonchev–Trinajstić information content (AvgIpc) is 2.68. The maximum atomic E-state index is 11.9. The fraction of sp³-hybridized carbons (Fsp3) is 0.643. The Morgan fingerprint density at radius 1 is 1.36 bits per heavy atom. The van der Waals surface area contributed by atoms with Gasteiger partial charge in [-0.3, -0.25) is 14.3 Å². The van der Waals surface area contributed by atoms with Gasteiger partial charge in [-0.1, -0.05) is 0 Å². The molecule has 3 N–H and O–H groups in total. The third kappa shape index (κ3) is 3.60. The van der Waals surface area contributed by atoms with E-state index in [0.29, 0.717) is 12.0 Å². The van der Waals surface area contributed by atoms with Crippen LogP contribution in [0, 0.1) is 6.92 Å². The molecule has 1 aliphatic rings. The SMILES string of the molecule is C=P(C)(C)CC[C@H]1O[C@@H](n2cc(C)c(=O)[nH]c2=O)[C@H](O)[C@@H]1O. The van der Waals surface area contributed by atoms with Gasteiger partial charge in [0.05, 0.1) is 6.10 Å². The van der Waals surface area contributed by atoms with Gasteiger partial charge in [0.25, 0.3) is 5.56 Å². The largest absolute Gasteiger partial charge is 0.388 e. The number of hydrogen-bond donors (Lipinski definition) is 3. The van der Waals surface area contributed by atoms with Crippen molar-refractivity contribution in [3.05, 3.63) is 32.6 Å². The molecule has 1 aromatic rings. The fourth-order valence-corrected chi connectivity index (χ4v) is 3.40. The van der Waals surface area contributed by atoms with Crippen LogP contribution in [0.2, 0.25) is 0 Å². The third-order valence-corrected chi connectivity index (χ3v) is 5.25. The van der Waals surface area contributed by atoms with Crippen molar-refractivity contribution in [2.24, 2.45) is 0 Å². The summed E-state index contributed by atoms with van der Waals surface area (Å²) in [6.45, 7) is 4.45. The van der Waals surface area contributed by atoms with Crippen LogP contribution in [0.15, 0.2) is 15.8 Å². The monoisotopic (exact) mass is 330 g/mol. The summed E-state index contributed by atoms with van der Waals surface area (Å²) in [4.78, 5) is 25.5. The maximum absolute atomic E-state index is 11.9. The highest BCUT2D eigenvalue weighted by molar-refractivity contribution is 7.72. The van der Waals surface area contributed by atoms with E-state index in [1.807, 2.05) is 0 Å². The zero-order valence-electron chi connectivity index (χ0n) is 13.0. The number of aliphatic hydroxyl groups excluding tert-OH is 2. The second-order valence-corrected chi connectivity index (χ2v) is 10.8. The molecule has 22 heavy (non-hydrogen) atoms. The number of ether oxygens (including phenoxy) is 1. The van der Waals surface area contributed by atoms with E-state index in [2.05, 4.69) is 24.6 Å². The molecule has 0 aliphatic carbocycles. The lowest BCUT2D eigenvalue weighted by Crippen LogP contribution is -2.38. The minimum Gasteiger partial charge on any atom is -0.388 e. The second kappa shape index (κ2) is 6.16. The van der Waals surface area contributed by atoms with Gasteiger partial charge >= 0.3 is 5.69 Å². The Bertz CT molecular complexity index is 704. The predicted molar refractivity (Wildman–Crippen MR) is 87.4 cm³/mol. The zero-order valence-corrected chi connectivity index (χ0v) is 13.9.